The van der Waals surface area contributed by atoms with Gasteiger partial charge in [0.15, 0.2) is 0 Å². The summed E-state index contributed by atoms with van der Waals surface area (Å²) in [6.07, 6.45) is 4.95. The average molecular weight is 247 g/mol. The lowest BCUT2D eigenvalue weighted by atomic mass is 10.3. The molecule has 0 aliphatic heterocycles. The zero-order valence-electron chi connectivity index (χ0n) is 10.4. The maximum Gasteiger partial charge on any atom is 0.334 e. The highest BCUT2D eigenvalue weighted by atomic mass is 16.5. The van der Waals surface area contributed by atoms with Crippen LogP contribution in [0.4, 0.5) is 0 Å². The lowest BCUT2D eigenvalue weighted by Crippen LogP contribution is -2.03. The first-order valence-electron chi connectivity index (χ1n) is 5.28. The van der Waals surface area contributed by atoms with Crippen molar-refractivity contribution in [2.45, 2.75) is 6.92 Å². The van der Waals surface area contributed by atoms with Crippen LogP contribution < -0.4 is 0 Å². The summed E-state index contributed by atoms with van der Waals surface area (Å²) in [5.74, 6) is -0.396. The molecule has 0 aromatic carbocycles. The Kier molecular flexibility index (Phi) is 3.22. The minimum absolute atomic E-state index is 0.396. The summed E-state index contributed by atoms with van der Waals surface area (Å²) >= 11 is 0. The van der Waals surface area contributed by atoms with Crippen LogP contribution in [0.15, 0.2) is 24.0 Å². The number of ether oxygens (including phenoxy) is 1. The lowest BCUT2D eigenvalue weighted by Gasteiger charge is -1.97. The summed E-state index contributed by atoms with van der Waals surface area (Å²) in [5, 5.41) is 12.0. The van der Waals surface area contributed by atoms with Gasteiger partial charge in [0.1, 0.15) is 5.69 Å². The monoisotopic (exact) mass is 247 g/mol. The lowest BCUT2D eigenvalue weighted by molar-refractivity contribution is -0.135. The second-order valence-electron chi connectivity index (χ2n) is 3.73. The molecule has 2 heterocycles. The minimum atomic E-state index is -0.396. The summed E-state index contributed by atoms with van der Waals surface area (Å²) in [7, 11) is 3.16. The van der Waals surface area contributed by atoms with Gasteiger partial charge in [0.25, 0.3) is 0 Å². The Morgan fingerprint density at radius 1 is 1.50 bits per heavy atom. The molecule has 0 atom stereocenters. The van der Waals surface area contributed by atoms with Gasteiger partial charge in [-0.2, -0.15) is 5.10 Å². The van der Waals surface area contributed by atoms with Crippen LogP contribution in [0.5, 0.6) is 0 Å². The van der Waals surface area contributed by atoms with Gasteiger partial charge in [-0.05, 0) is 13.0 Å². The van der Waals surface area contributed by atoms with E-state index in [1.807, 2.05) is 13.1 Å². The molecule has 0 unspecified atom stereocenters. The van der Waals surface area contributed by atoms with Gasteiger partial charge < -0.3 is 4.74 Å². The Morgan fingerprint density at radius 3 is 2.89 bits per heavy atom. The van der Waals surface area contributed by atoms with Gasteiger partial charge in [0.05, 0.1) is 24.6 Å². The van der Waals surface area contributed by atoms with Crippen molar-refractivity contribution < 1.29 is 9.53 Å². The van der Waals surface area contributed by atoms with E-state index in [9.17, 15) is 4.79 Å². The molecule has 0 spiro atoms. The summed E-state index contributed by atoms with van der Waals surface area (Å²) in [6, 6.07) is 1.84. The zero-order chi connectivity index (χ0) is 13.1. The first-order valence-corrected chi connectivity index (χ1v) is 5.28. The van der Waals surface area contributed by atoms with Crippen LogP contribution in [0.3, 0.4) is 0 Å². The molecule has 0 aliphatic rings. The molecule has 7 heteroatoms. The number of aryl methyl sites for hydroxylation is 1. The predicted molar refractivity (Wildman–Crippen MR) is 64.2 cm³/mol. The van der Waals surface area contributed by atoms with E-state index in [1.165, 1.54) is 11.8 Å². The summed E-state index contributed by atoms with van der Waals surface area (Å²) in [4.78, 5) is 11.2. The Balaban J connectivity index is 2.27. The molecule has 18 heavy (non-hydrogen) atoms. The van der Waals surface area contributed by atoms with Crippen LogP contribution in [0, 0.1) is 0 Å². The van der Waals surface area contributed by atoms with Gasteiger partial charge in [-0.15, -0.1) is 5.10 Å². The van der Waals surface area contributed by atoms with Crippen molar-refractivity contribution >= 4 is 12.2 Å². The second-order valence-corrected chi connectivity index (χ2v) is 3.73. The molecule has 0 bridgehead atoms. The van der Waals surface area contributed by atoms with E-state index in [4.69, 9.17) is 0 Å². The Hall–Kier alpha value is -2.44. The standard InChI is InChI=1S/C11H13N5O2/c1-8(11(17)18-3)6-16-7-9(13-14-16)10-4-5-12-15(10)2/h4-7H,1-3H3. The summed E-state index contributed by atoms with van der Waals surface area (Å²) in [5.41, 5.74) is 1.98. The molecule has 0 saturated carbocycles. The fourth-order valence-corrected chi connectivity index (χ4v) is 1.49. The van der Waals surface area contributed by atoms with E-state index in [0.717, 1.165) is 5.69 Å². The van der Waals surface area contributed by atoms with Crippen molar-refractivity contribution in [3.63, 3.8) is 0 Å². The number of aromatic nitrogens is 5. The van der Waals surface area contributed by atoms with Gasteiger partial charge in [-0.3, -0.25) is 4.68 Å². The maximum atomic E-state index is 11.2. The maximum absolute atomic E-state index is 11.2. The molecule has 0 fully saturated rings. The third-order valence-electron chi connectivity index (χ3n) is 2.43. The Morgan fingerprint density at radius 2 is 2.28 bits per heavy atom. The molecular formula is C11H13N5O2. The third-order valence-corrected chi connectivity index (χ3v) is 2.43. The minimum Gasteiger partial charge on any atom is -0.466 e. The normalized spacial score (nSPS) is 11.6. The Labute approximate surface area is 104 Å². The molecule has 0 radical (unpaired) electrons. The third kappa shape index (κ3) is 2.29. The molecule has 0 saturated heterocycles. The molecular weight excluding hydrogens is 234 g/mol. The second kappa shape index (κ2) is 4.82. The highest BCUT2D eigenvalue weighted by Gasteiger charge is 2.08. The highest BCUT2D eigenvalue weighted by molar-refractivity contribution is 5.90. The number of esters is 1. The summed E-state index contributed by atoms with van der Waals surface area (Å²) in [6.45, 7) is 1.65. The van der Waals surface area contributed by atoms with E-state index in [-0.39, 0.29) is 0 Å². The van der Waals surface area contributed by atoms with E-state index < -0.39 is 5.97 Å². The number of hydrogen-bond acceptors (Lipinski definition) is 5. The number of nitrogens with zero attached hydrogens (tertiary/aromatic N) is 5. The van der Waals surface area contributed by atoms with Gasteiger partial charge in [-0.25, -0.2) is 9.48 Å². The van der Waals surface area contributed by atoms with Crippen LogP contribution in [0.1, 0.15) is 6.92 Å². The molecule has 2 aromatic heterocycles. The molecule has 0 N–H and O–H groups in total. The summed E-state index contributed by atoms with van der Waals surface area (Å²) < 4.78 is 7.77. The fraction of sp³-hybridized carbons (Fsp3) is 0.273. The number of methoxy groups -OCH3 is 1. The van der Waals surface area contributed by atoms with Gasteiger partial charge in [0, 0.05) is 19.4 Å². The number of carbonyl (C=O) groups excluding carboxylic acids is 1. The Bertz CT molecular complexity index is 596. The largest absolute Gasteiger partial charge is 0.466 e. The van der Waals surface area contributed by atoms with Crippen molar-refractivity contribution in [3.8, 4) is 11.4 Å². The molecule has 0 aliphatic carbocycles. The smallest absolute Gasteiger partial charge is 0.334 e. The van der Waals surface area contributed by atoms with Crippen LogP contribution in [-0.4, -0.2) is 37.9 Å². The first kappa shape index (κ1) is 12.0. The number of rotatable bonds is 3. The number of hydrogen-bond donors (Lipinski definition) is 0. The van der Waals surface area contributed by atoms with Gasteiger partial charge in [-0.1, -0.05) is 5.21 Å². The van der Waals surface area contributed by atoms with Crippen molar-refractivity contribution in [1.82, 2.24) is 24.8 Å². The van der Waals surface area contributed by atoms with E-state index in [2.05, 4.69) is 20.1 Å². The topological polar surface area (TPSA) is 74.8 Å². The SMILES string of the molecule is COC(=O)C(C)=Cn1cc(-c2ccnn2C)nn1. The van der Waals surface area contributed by atoms with Crippen molar-refractivity contribution in [3.05, 3.63) is 24.0 Å². The molecule has 2 aromatic rings. The highest BCUT2D eigenvalue weighted by Crippen LogP contribution is 2.14. The molecule has 7 nitrogen and oxygen atoms in total. The predicted octanol–water partition coefficient (Wildman–Crippen LogP) is 0.712. The fourth-order valence-electron chi connectivity index (χ4n) is 1.49. The van der Waals surface area contributed by atoms with Crippen molar-refractivity contribution in [2.24, 2.45) is 7.05 Å². The molecule has 94 valence electrons. The zero-order valence-corrected chi connectivity index (χ0v) is 10.4. The van der Waals surface area contributed by atoms with E-state index in [1.54, 1.807) is 30.2 Å². The van der Waals surface area contributed by atoms with Crippen molar-refractivity contribution in [2.75, 3.05) is 7.11 Å². The van der Waals surface area contributed by atoms with Crippen LogP contribution in [-0.2, 0) is 16.6 Å². The van der Waals surface area contributed by atoms with Crippen molar-refractivity contribution in [1.29, 1.82) is 0 Å². The van der Waals surface area contributed by atoms with Gasteiger partial charge >= 0.3 is 5.97 Å². The van der Waals surface area contributed by atoms with Crippen LogP contribution in [0.25, 0.3) is 17.6 Å². The molecule has 2 rings (SSSR count). The van der Waals surface area contributed by atoms with Gasteiger partial charge in [0.2, 0.25) is 0 Å². The number of carbonyl (C=O) groups is 1. The van der Waals surface area contributed by atoms with E-state index in [0.29, 0.717) is 11.3 Å². The van der Waals surface area contributed by atoms with Crippen LogP contribution in [0.2, 0.25) is 0 Å². The van der Waals surface area contributed by atoms with E-state index >= 15 is 0 Å². The first-order chi connectivity index (χ1) is 8.61. The van der Waals surface area contributed by atoms with Crippen LogP contribution >= 0.6 is 0 Å². The quantitative estimate of drug-likeness (QED) is 0.590. The average Bonchev–Trinajstić information content (AvgIpc) is 2.96. The molecule has 0 amide bonds.